The van der Waals surface area contributed by atoms with Gasteiger partial charge in [-0.1, -0.05) is 69.3 Å². The van der Waals surface area contributed by atoms with Gasteiger partial charge in [-0.2, -0.15) is 0 Å². The van der Waals surface area contributed by atoms with Crippen molar-refractivity contribution in [2.24, 2.45) is 0 Å². The Kier molecular flexibility index (Phi) is 7.68. The Hall–Kier alpha value is -3.14. The third-order valence-corrected chi connectivity index (χ3v) is 6.30. The van der Waals surface area contributed by atoms with Gasteiger partial charge in [-0.25, -0.2) is 0 Å². The number of nitrogens with zero attached hydrogens (tertiary/aromatic N) is 1. The zero-order valence-electron chi connectivity index (χ0n) is 19.9. The molecule has 32 heavy (non-hydrogen) atoms. The lowest BCUT2D eigenvalue weighted by Gasteiger charge is -2.22. The Bertz CT molecular complexity index is 1160. The molecule has 3 aromatic rings. The van der Waals surface area contributed by atoms with Gasteiger partial charge in [0.25, 0.3) is 5.91 Å². The van der Waals surface area contributed by atoms with E-state index in [-0.39, 0.29) is 16.9 Å². The van der Waals surface area contributed by atoms with E-state index in [9.17, 15) is 9.59 Å². The maximum atomic E-state index is 13.4. The van der Waals surface area contributed by atoms with Crippen LogP contribution in [-0.4, -0.2) is 10.5 Å². The van der Waals surface area contributed by atoms with E-state index in [0.717, 1.165) is 59.6 Å². The van der Waals surface area contributed by atoms with Crippen molar-refractivity contribution < 1.29 is 4.79 Å². The molecule has 168 valence electrons. The van der Waals surface area contributed by atoms with Gasteiger partial charge in [0, 0.05) is 29.2 Å². The van der Waals surface area contributed by atoms with E-state index in [2.05, 4.69) is 35.9 Å². The molecule has 0 atom stereocenters. The van der Waals surface area contributed by atoms with Gasteiger partial charge in [0.05, 0.1) is 0 Å². The normalized spacial score (nSPS) is 10.9. The van der Waals surface area contributed by atoms with Crippen LogP contribution in [0.2, 0.25) is 0 Å². The number of carbonyl (C=O) groups is 1. The van der Waals surface area contributed by atoms with Crippen LogP contribution in [0.1, 0.15) is 64.8 Å². The second kappa shape index (κ2) is 10.4. The van der Waals surface area contributed by atoms with Crippen LogP contribution in [0.3, 0.4) is 0 Å². The quantitative estimate of drug-likeness (QED) is 0.502. The van der Waals surface area contributed by atoms with Crippen LogP contribution in [-0.2, 0) is 32.2 Å². The van der Waals surface area contributed by atoms with Gasteiger partial charge in [-0.05, 0) is 56.2 Å². The fourth-order valence-electron chi connectivity index (χ4n) is 4.55. The Balaban J connectivity index is 2.07. The lowest BCUT2D eigenvalue weighted by Crippen LogP contribution is -2.31. The van der Waals surface area contributed by atoms with E-state index in [1.807, 2.05) is 57.2 Å². The lowest BCUT2D eigenvalue weighted by atomic mass is 10.00. The number of hydrogen-bond acceptors (Lipinski definition) is 2. The molecule has 0 saturated heterocycles. The highest BCUT2D eigenvalue weighted by Gasteiger charge is 2.23. The SMILES string of the molecule is CCc1cccc(C)c1NC(=O)c1c(C)n(CCc2ccccc2)c(CC)c(CC)c1=O. The Morgan fingerprint density at radius 1 is 0.906 bits per heavy atom. The number of aryl methyl sites for hydroxylation is 3. The van der Waals surface area contributed by atoms with Crippen LogP contribution in [0, 0.1) is 13.8 Å². The number of carbonyl (C=O) groups excluding carboxylic acids is 1. The van der Waals surface area contributed by atoms with E-state index in [1.165, 1.54) is 5.56 Å². The van der Waals surface area contributed by atoms with Crippen molar-refractivity contribution in [1.29, 1.82) is 0 Å². The highest BCUT2D eigenvalue weighted by atomic mass is 16.2. The zero-order valence-corrected chi connectivity index (χ0v) is 19.9. The van der Waals surface area contributed by atoms with Gasteiger partial charge in [0.15, 0.2) is 5.43 Å². The lowest BCUT2D eigenvalue weighted by molar-refractivity contribution is 0.102. The van der Waals surface area contributed by atoms with Crippen molar-refractivity contribution in [1.82, 2.24) is 4.57 Å². The van der Waals surface area contributed by atoms with E-state index in [4.69, 9.17) is 0 Å². The Morgan fingerprint density at radius 2 is 1.62 bits per heavy atom. The summed E-state index contributed by atoms with van der Waals surface area (Å²) in [5.74, 6) is -0.317. The number of benzene rings is 2. The first-order valence-corrected chi connectivity index (χ1v) is 11.6. The molecule has 0 aliphatic carbocycles. The molecule has 2 aromatic carbocycles. The molecule has 1 heterocycles. The number of para-hydroxylation sites is 1. The number of amides is 1. The van der Waals surface area contributed by atoms with Crippen LogP contribution in [0.25, 0.3) is 0 Å². The molecule has 0 fully saturated rings. The second-order valence-electron chi connectivity index (χ2n) is 8.23. The minimum atomic E-state index is -0.317. The molecule has 0 radical (unpaired) electrons. The molecule has 0 bridgehead atoms. The van der Waals surface area contributed by atoms with Crippen LogP contribution >= 0.6 is 0 Å². The maximum absolute atomic E-state index is 13.4. The van der Waals surface area contributed by atoms with Crippen molar-refractivity contribution in [3.05, 3.63) is 98.0 Å². The fourth-order valence-corrected chi connectivity index (χ4v) is 4.55. The minimum absolute atomic E-state index is 0.137. The molecule has 0 saturated carbocycles. The van der Waals surface area contributed by atoms with Crippen molar-refractivity contribution in [3.63, 3.8) is 0 Å². The predicted molar refractivity (Wildman–Crippen MR) is 133 cm³/mol. The molecule has 0 aliphatic rings. The van der Waals surface area contributed by atoms with Crippen LogP contribution < -0.4 is 10.7 Å². The molecule has 4 nitrogen and oxygen atoms in total. The zero-order chi connectivity index (χ0) is 23.3. The number of aromatic nitrogens is 1. The Morgan fingerprint density at radius 3 is 2.25 bits per heavy atom. The van der Waals surface area contributed by atoms with Gasteiger partial charge in [0.1, 0.15) is 5.56 Å². The van der Waals surface area contributed by atoms with Crippen LogP contribution in [0.4, 0.5) is 5.69 Å². The topological polar surface area (TPSA) is 51.1 Å². The van der Waals surface area contributed by atoms with Crippen molar-refractivity contribution in [3.8, 4) is 0 Å². The first kappa shape index (κ1) is 23.5. The summed E-state index contributed by atoms with van der Waals surface area (Å²) >= 11 is 0. The molecule has 1 aromatic heterocycles. The van der Waals surface area contributed by atoms with E-state index in [0.29, 0.717) is 6.42 Å². The summed E-state index contributed by atoms with van der Waals surface area (Å²) in [4.78, 5) is 26.9. The van der Waals surface area contributed by atoms with E-state index >= 15 is 0 Å². The average molecular weight is 431 g/mol. The van der Waals surface area contributed by atoms with Crippen molar-refractivity contribution >= 4 is 11.6 Å². The maximum Gasteiger partial charge on any atom is 0.261 e. The highest BCUT2D eigenvalue weighted by molar-refractivity contribution is 6.06. The molecule has 0 unspecified atom stereocenters. The number of pyridine rings is 1. The molecule has 1 amide bonds. The van der Waals surface area contributed by atoms with Gasteiger partial charge < -0.3 is 9.88 Å². The van der Waals surface area contributed by atoms with Crippen LogP contribution in [0.15, 0.2) is 53.3 Å². The average Bonchev–Trinajstić information content (AvgIpc) is 2.80. The molecular formula is C28H34N2O2. The first-order chi connectivity index (χ1) is 15.4. The minimum Gasteiger partial charge on any atom is -0.347 e. The van der Waals surface area contributed by atoms with Gasteiger partial charge in [-0.3, -0.25) is 9.59 Å². The van der Waals surface area contributed by atoms with Gasteiger partial charge >= 0.3 is 0 Å². The first-order valence-electron chi connectivity index (χ1n) is 11.6. The summed E-state index contributed by atoms with van der Waals surface area (Å²) in [5.41, 5.74) is 6.77. The third kappa shape index (κ3) is 4.69. The van der Waals surface area contributed by atoms with E-state index in [1.54, 1.807) is 0 Å². The van der Waals surface area contributed by atoms with Crippen molar-refractivity contribution in [2.45, 2.75) is 66.8 Å². The van der Waals surface area contributed by atoms with Gasteiger partial charge in [-0.15, -0.1) is 0 Å². The number of hydrogen-bond donors (Lipinski definition) is 1. The molecule has 3 rings (SSSR count). The summed E-state index contributed by atoms with van der Waals surface area (Å²) in [5, 5.41) is 3.07. The Labute approximate surface area is 191 Å². The second-order valence-corrected chi connectivity index (χ2v) is 8.23. The predicted octanol–water partition coefficient (Wildman–Crippen LogP) is 5.65. The van der Waals surface area contributed by atoms with Crippen LogP contribution in [0.5, 0.6) is 0 Å². The number of nitrogens with one attached hydrogen (secondary N) is 1. The number of rotatable bonds is 8. The van der Waals surface area contributed by atoms with Crippen molar-refractivity contribution in [2.75, 3.05) is 5.32 Å². The number of anilines is 1. The molecule has 0 aliphatic heterocycles. The van der Waals surface area contributed by atoms with Gasteiger partial charge in [0.2, 0.25) is 0 Å². The molecule has 1 N–H and O–H groups in total. The highest BCUT2D eigenvalue weighted by Crippen LogP contribution is 2.23. The summed E-state index contributed by atoms with van der Waals surface area (Å²) < 4.78 is 2.18. The molecule has 4 heteroatoms. The summed E-state index contributed by atoms with van der Waals surface area (Å²) in [6.07, 6.45) is 3.03. The smallest absolute Gasteiger partial charge is 0.261 e. The molecular weight excluding hydrogens is 396 g/mol. The summed E-state index contributed by atoms with van der Waals surface area (Å²) in [6.45, 7) is 10.8. The monoisotopic (exact) mass is 430 g/mol. The standard InChI is InChI=1S/C28H34N2O2/c1-6-22-16-12-13-19(4)26(22)29-28(32)25-20(5)30(18-17-21-14-10-9-11-15-21)24(8-3)23(7-2)27(25)31/h9-16H,6-8,17-18H2,1-5H3,(H,29,32). The molecule has 0 spiro atoms. The third-order valence-electron chi connectivity index (χ3n) is 6.30. The summed E-state index contributed by atoms with van der Waals surface area (Å²) in [6, 6.07) is 16.3. The van der Waals surface area contributed by atoms with E-state index < -0.39 is 0 Å². The summed E-state index contributed by atoms with van der Waals surface area (Å²) in [7, 11) is 0. The fraction of sp³-hybridized carbons (Fsp3) is 0.357. The largest absolute Gasteiger partial charge is 0.347 e.